The van der Waals surface area contributed by atoms with Crippen molar-refractivity contribution in [3.8, 4) is 11.5 Å². The van der Waals surface area contributed by atoms with Crippen LogP contribution in [0.4, 0.5) is 13.2 Å². The molecule has 0 amide bonds. The number of benzene rings is 2. The third kappa shape index (κ3) is 4.14. The second-order valence-corrected chi connectivity index (χ2v) is 5.57. The topological polar surface area (TPSA) is 31.4 Å². The predicted octanol–water partition coefficient (Wildman–Crippen LogP) is 5.36. The maximum Gasteiger partial charge on any atom is 0.416 e. The minimum absolute atomic E-state index is 0.0955. The molecule has 130 valence electrons. The van der Waals surface area contributed by atoms with Crippen molar-refractivity contribution in [1.29, 1.82) is 0 Å². The molecule has 2 aromatic carbocycles. The molecule has 25 heavy (non-hydrogen) atoms. The van der Waals surface area contributed by atoms with E-state index in [0.29, 0.717) is 16.3 Å². The van der Waals surface area contributed by atoms with Crippen LogP contribution in [-0.4, -0.2) is 18.2 Å². The minimum Gasteiger partial charge on any atom is -0.490 e. The SMILES string of the molecule is FC(F)(F)c1cccc(OCCOc2ccc(Cl)c3cccnc23)c1. The van der Waals surface area contributed by atoms with Gasteiger partial charge in [-0.05, 0) is 42.5 Å². The van der Waals surface area contributed by atoms with E-state index in [9.17, 15) is 13.2 Å². The summed E-state index contributed by atoms with van der Waals surface area (Å²) in [6.07, 6.45) is -2.77. The molecule has 0 aliphatic heterocycles. The number of hydrogen-bond acceptors (Lipinski definition) is 3. The Morgan fingerprint density at radius 1 is 0.960 bits per heavy atom. The quantitative estimate of drug-likeness (QED) is 0.568. The first-order valence-corrected chi connectivity index (χ1v) is 7.79. The summed E-state index contributed by atoms with van der Waals surface area (Å²) in [5, 5.41) is 1.33. The molecule has 0 bridgehead atoms. The van der Waals surface area contributed by atoms with Crippen LogP contribution in [0.2, 0.25) is 5.02 Å². The van der Waals surface area contributed by atoms with Gasteiger partial charge in [-0.25, -0.2) is 0 Å². The van der Waals surface area contributed by atoms with E-state index >= 15 is 0 Å². The normalized spacial score (nSPS) is 11.5. The first kappa shape index (κ1) is 17.4. The Morgan fingerprint density at radius 2 is 1.76 bits per heavy atom. The van der Waals surface area contributed by atoms with Crippen LogP contribution in [0, 0.1) is 0 Å². The molecule has 1 aromatic heterocycles. The Bertz CT molecular complexity index is 884. The van der Waals surface area contributed by atoms with Crippen LogP contribution >= 0.6 is 11.6 Å². The van der Waals surface area contributed by atoms with E-state index in [1.807, 2.05) is 6.07 Å². The Hall–Kier alpha value is -2.47. The predicted molar refractivity (Wildman–Crippen MR) is 89.2 cm³/mol. The van der Waals surface area contributed by atoms with Crippen molar-refractivity contribution in [3.63, 3.8) is 0 Å². The van der Waals surface area contributed by atoms with E-state index in [0.717, 1.165) is 17.5 Å². The van der Waals surface area contributed by atoms with Gasteiger partial charge in [0, 0.05) is 11.6 Å². The van der Waals surface area contributed by atoms with Crippen LogP contribution in [0.25, 0.3) is 10.9 Å². The van der Waals surface area contributed by atoms with E-state index in [1.165, 1.54) is 12.1 Å². The lowest BCUT2D eigenvalue weighted by Crippen LogP contribution is -2.10. The minimum atomic E-state index is -4.40. The van der Waals surface area contributed by atoms with Gasteiger partial charge in [0.15, 0.2) is 0 Å². The summed E-state index contributed by atoms with van der Waals surface area (Å²) in [5.41, 5.74) is -0.132. The molecule has 7 heteroatoms. The van der Waals surface area contributed by atoms with Crippen LogP contribution in [0.3, 0.4) is 0 Å². The van der Waals surface area contributed by atoms with Crippen molar-refractivity contribution in [1.82, 2.24) is 4.98 Å². The number of pyridine rings is 1. The second kappa shape index (κ2) is 7.19. The molecule has 0 saturated carbocycles. The number of nitrogens with zero attached hydrogens (tertiary/aromatic N) is 1. The van der Waals surface area contributed by atoms with Gasteiger partial charge in [-0.3, -0.25) is 4.98 Å². The first-order valence-electron chi connectivity index (χ1n) is 7.41. The summed E-state index contributed by atoms with van der Waals surface area (Å²) in [5.74, 6) is 0.671. The van der Waals surface area contributed by atoms with Crippen LogP contribution in [0.1, 0.15) is 5.56 Å². The maximum atomic E-state index is 12.7. The van der Waals surface area contributed by atoms with Crippen molar-refractivity contribution in [2.24, 2.45) is 0 Å². The third-order valence-electron chi connectivity index (χ3n) is 3.45. The third-order valence-corrected chi connectivity index (χ3v) is 3.78. The molecule has 3 nitrogen and oxygen atoms in total. The summed E-state index contributed by atoms with van der Waals surface area (Å²) in [7, 11) is 0. The van der Waals surface area contributed by atoms with Crippen molar-refractivity contribution < 1.29 is 22.6 Å². The highest BCUT2D eigenvalue weighted by Crippen LogP contribution is 2.31. The molecule has 0 spiro atoms. The second-order valence-electron chi connectivity index (χ2n) is 5.17. The lowest BCUT2D eigenvalue weighted by Gasteiger charge is -2.12. The lowest BCUT2D eigenvalue weighted by molar-refractivity contribution is -0.137. The molecule has 0 saturated heterocycles. The van der Waals surface area contributed by atoms with Gasteiger partial charge >= 0.3 is 6.18 Å². The zero-order valence-electron chi connectivity index (χ0n) is 12.9. The van der Waals surface area contributed by atoms with Crippen LogP contribution < -0.4 is 9.47 Å². The fraction of sp³-hybridized carbons (Fsp3) is 0.167. The molecule has 0 unspecified atom stereocenters. The molecule has 1 heterocycles. The van der Waals surface area contributed by atoms with E-state index in [4.69, 9.17) is 21.1 Å². The molecule has 0 atom stereocenters. The van der Waals surface area contributed by atoms with Crippen LogP contribution in [0.5, 0.6) is 11.5 Å². The van der Waals surface area contributed by atoms with Crippen molar-refractivity contribution in [2.75, 3.05) is 13.2 Å². The van der Waals surface area contributed by atoms with E-state index < -0.39 is 11.7 Å². The summed E-state index contributed by atoms with van der Waals surface area (Å²) < 4.78 is 48.9. The number of alkyl halides is 3. The van der Waals surface area contributed by atoms with Crippen molar-refractivity contribution >= 4 is 22.5 Å². The van der Waals surface area contributed by atoms with Gasteiger partial charge in [0.2, 0.25) is 0 Å². The van der Waals surface area contributed by atoms with Gasteiger partial charge < -0.3 is 9.47 Å². The average Bonchev–Trinajstić information content (AvgIpc) is 2.60. The van der Waals surface area contributed by atoms with Gasteiger partial charge in [0.05, 0.1) is 10.6 Å². The molecule has 0 aliphatic carbocycles. The van der Waals surface area contributed by atoms with Gasteiger partial charge in [0.25, 0.3) is 0 Å². The molecule has 3 rings (SSSR count). The first-order chi connectivity index (χ1) is 11.9. The highest BCUT2D eigenvalue weighted by molar-refractivity contribution is 6.35. The molecule has 3 aromatic rings. The van der Waals surface area contributed by atoms with Gasteiger partial charge in [-0.2, -0.15) is 13.2 Å². The standard InChI is InChI=1S/C18H13ClF3NO2/c19-15-6-7-16(17-14(15)5-2-8-23-17)25-10-9-24-13-4-1-3-12(11-13)18(20,21)22/h1-8,11H,9-10H2. The average molecular weight is 368 g/mol. The Balaban J connectivity index is 1.62. The molecular weight excluding hydrogens is 355 g/mol. The van der Waals surface area contributed by atoms with Crippen LogP contribution in [0.15, 0.2) is 54.7 Å². The molecule has 0 fully saturated rings. The highest BCUT2D eigenvalue weighted by atomic mass is 35.5. The number of ether oxygens (including phenoxy) is 2. The number of aromatic nitrogens is 1. The van der Waals surface area contributed by atoms with Crippen LogP contribution in [-0.2, 0) is 6.18 Å². The van der Waals surface area contributed by atoms with E-state index in [2.05, 4.69) is 4.98 Å². The smallest absolute Gasteiger partial charge is 0.416 e. The monoisotopic (exact) mass is 367 g/mol. The van der Waals surface area contributed by atoms with E-state index in [1.54, 1.807) is 24.4 Å². The largest absolute Gasteiger partial charge is 0.490 e. The molecule has 0 aliphatic rings. The van der Waals surface area contributed by atoms with Crippen molar-refractivity contribution in [3.05, 3.63) is 65.3 Å². The zero-order valence-corrected chi connectivity index (χ0v) is 13.6. The number of hydrogen-bond donors (Lipinski definition) is 0. The summed E-state index contributed by atoms with van der Waals surface area (Å²) in [6, 6.07) is 11.7. The Kier molecular flexibility index (Phi) is 4.99. The van der Waals surface area contributed by atoms with Gasteiger partial charge in [0.1, 0.15) is 30.2 Å². The summed E-state index contributed by atoms with van der Waals surface area (Å²) >= 11 is 6.11. The fourth-order valence-electron chi connectivity index (χ4n) is 2.30. The molecule has 0 radical (unpaired) electrons. The van der Waals surface area contributed by atoms with Gasteiger partial charge in [-0.1, -0.05) is 17.7 Å². The van der Waals surface area contributed by atoms with Crippen molar-refractivity contribution in [2.45, 2.75) is 6.18 Å². The number of halogens is 4. The summed E-state index contributed by atoms with van der Waals surface area (Å²) in [4.78, 5) is 4.24. The summed E-state index contributed by atoms with van der Waals surface area (Å²) in [6.45, 7) is 0.252. The maximum absolute atomic E-state index is 12.7. The highest BCUT2D eigenvalue weighted by Gasteiger charge is 2.30. The lowest BCUT2D eigenvalue weighted by atomic mass is 10.2. The Morgan fingerprint density at radius 3 is 2.56 bits per heavy atom. The molecule has 0 N–H and O–H groups in total. The fourth-order valence-corrected chi connectivity index (χ4v) is 2.52. The zero-order chi connectivity index (χ0) is 17.9. The molecular formula is C18H13ClF3NO2. The number of fused-ring (bicyclic) bond motifs is 1. The van der Waals surface area contributed by atoms with E-state index in [-0.39, 0.29) is 19.0 Å². The van der Waals surface area contributed by atoms with Gasteiger partial charge in [-0.15, -0.1) is 0 Å². The Labute approximate surface area is 147 Å². The number of rotatable bonds is 5.